The van der Waals surface area contributed by atoms with Gasteiger partial charge in [-0.05, 0) is 25.5 Å². The first-order valence-corrected chi connectivity index (χ1v) is 8.89. The lowest BCUT2D eigenvalue weighted by atomic mass is 10.1. The van der Waals surface area contributed by atoms with Crippen LogP contribution < -0.4 is 16.8 Å². The summed E-state index contributed by atoms with van der Waals surface area (Å²) in [6.45, 7) is 4.39. The number of amides is 2. The number of hydrogen-bond donors (Lipinski definition) is 4. The average Bonchev–Trinajstić information content (AvgIpc) is 2.88. The maximum absolute atomic E-state index is 12.5. The second-order valence-electron chi connectivity index (χ2n) is 5.88. The van der Waals surface area contributed by atoms with E-state index in [1.54, 1.807) is 4.90 Å². The zero-order valence-electron chi connectivity index (χ0n) is 14.0. The molecule has 0 aliphatic carbocycles. The van der Waals surface area contributed by atoms with E-state index in [2.05, 4.69) is 5.32 Å². The molecule has 7 nitrogen and oxygen atoms in total. The number of likely N-dealkylation sites (tertiary alicyclic amines) is 1. The van der Waals surface area contributed by atoms with Gasteiger partial charge in [0.2, 0.25) is 11.8 Å². The van der Waals surface area contributed by atoms with Gasteiger partial charge in [-0.1, -0.05) is 13.0 Å². The first-order valence-electron chi connectivity index (χ1n) is 7.67. The van der Waals surface area contributed by atoms with Crippen LogP contribution in [0.25, 0.3) is 0 Å². The Balaban J connectivity index is 2.74. The maximum Gasteiger partial charge on any atom is 0.243 e. The van der Waals surface area contributed by atoms with Crippen LogP contribution in [0.15, 0.2) is 11.0 Å². The fourth-order valence-corrected chi connectivity index (χ4v) is 3.38. The number of amidine groups is 1. The zero-order chi connectivity index (χ0) is 17.6. The van der Waals surface area contributed by atoms with E-state index in [0.29, 0.717) is 19.4 Å². The molecule has 1 saturated heterocycles. The van der Waals surface area contributed by atoms with Crippen molar-refractivity contribution < 1.29 is 9.59 Å². The topological polar surface area (TPSA) is 125 Å². The van der Waals surface area contributed by atoms with Crippen molar-refractivity contribution in [2.24, 2.45) is 17.4 Å². The predicted octanol–water partition coefficient (Wildman–Crippen LogP) is 0.260. The summed E-state index contributed by atoms with van der Waals surface area (Å²) < 4.78 is 0. The molecule has 1 heterocycles. The van der Waals surface area contributed by atoms with Crippen LogP contribution in [0.5, 0.6) is 0 Å². The number of nitrogens with zero attached hydrogens (tertiary/aromatic N) is 1. The predicted molar refractivity (Wildman–Crippen MR) is 94.1 cm³/mol. The third-order valence-electron chi connectivity index (χ3n) is 3.85. The van der Waals surface area contributed by atoms with Gasteiger partial charge >= 0.3 is 0 Å². The highest BCUT2D eigenvalue weighted by atomic mass is 32.2. The Morgan fingerprint density at radius 1 is 1.52 bits per heavy atom. The molecule has 6 N–H and O–H groups in total. The number of nitrogens with one attached hydrogen (secondary N) is 2. The number of carbonyl (C=O) groups excluding carboxylic acids is 2. The molecule has 0 saturated carbocycles. The summed E-state index contributed by atoms with van der Waals surface area (Å²) >= 11 is 1.51. The second kappa shape index (κ2) is 8.93. The smallest absolute Gasteiger partial charge is 0.243 e. The Kier molecular flexibility index (Phi) is 7.57. The minimum atomic E-state index is -0.459. The van der Waals surface area contributed by atoms with Crippen molar-refractivity contribution in [2.75, 3.05) is 19.3 Å². The number of nitrogens with two attached hydrogens (primary N) is 2. The average molecular weight is 341 g/mol. The number of hydrogen-bond acceptors (Lipinski definition) is 5. The van der Waals surface area contributed by atoms with Crippen LogP contribution in [-0.4, -0.2) is 54.0 Å². The SMILES string of the molecule is CS/C(=C\CC(=N)N)[C@@H](C)NC(=O)C1CC(C)CN1C(=O)CN. The van der Waals surface area contributed by atoms with E-state index >= 15 is 0 Å². The van der Waals surface area contributed by atoms with Crippen molar-refractivity contribution in [3.63, 3.8) is 0 Å². The van der Waals surface area contributed by atoms with Gasteiger partial charge in [0.05, 0.1) is 18.4 Å². The third kappa shape index (κ3) is 5.54. The molecule has 23 heavy (non-hydrogen) atoms. The second-order valence-corrected chi connectivity index (χ2v) is 6.76. The zero-order valence-corrected chi connectivity index (χ0v) is 14.8. The van der Waals surface area contributed by atoms with E-state index < -0.39 is 6.04 Å². The summed E-state index contributed by atoms with van der Waals surface area (Å²) in [6, 6.07) is -0.651. The van der Waals surface area contributed by atoms with Crippen LogP contribution in [0, 0.1) is 11.3 Å². The molecule has 2 amide bonds. The molecule has 0 bridgehead atoms. The molecule has 8 heteroatoms. The van der Waals surface area contributed by atoms with Crippen molar-refractivity contribution in [1.29, 1.82) is 5.41 Å². The van der Waals surface area contributed by atoms with Crippen LogP contribution in [0.4, 0.5) is 0 Å². The van der Waals surface area contributed by atoms with E-state index in [1.807, 2.05) is 26.2 Å². The molecule has 0 aromatic heterocycles. The largest absolute Gasteiger partial charge is 0.387 e. The van der Waals surface area contributed by atoms with E-state index in [9.17, 15) is 9.59 Å². The van der Waals surface area contributed by atoms with Gasteiger partial charge < -0.3 is 21.7 Å². The molecule has 0 spiro atoms. The molecular weight excluding hydrogens is 314 g/mol. The number of thioether (sulfide) groups is 1. The van der Waals surface area contributed by atoms with Gasteiger partial charge in [-0.25, -0.2) is 0 Å². The van der Waals surface area contributed by atoms with Crippen molar-refractivity contribution >= 4 is 29.4 Å². The van der Waals surface area contributed by atoms with Crippen molar-refractivity contribution in [3.05, 3.63) is 11.0 Å². The molecular formula is C15H27N5O2S. The van der Waals surface area contributed by atoms with Crippen LogP contribution in [0.1, 0.15) is 26.7 Å². The summed E-state index contributed by atoms with van der Waals surface area (Å²) in [6.07, 6.45) is 4.76. The molecule has 0 aromatic carbocycles. The highest BCUT2D eigenvalue weighted by molar-refractivity contribution is 8.02. The minimum Gasteiger partial charge on any atom is -0.387 e. The summed E-state index contributed by atoms with van der Waals surface area (Å²) in [7, 11) is 0. The highest BCUT2D eigenvalue weighted by Crippen LogP contribution is 2.24. The lowest BCUT2D eigenvalue weighted by Crippen LogP contribution is -2.49. The summed E-state index contributed by atoms with van der Waals surface area (Å²) in [5.41, 5.74) is 10.8. The van der Waals surface area contributed by atoms with Crippen molar-refractivity contribution in [2.45, 2.75) is 38.8 Å². The molecule has 0 aromatic rings. The Bertz CT molecular complexity index is 494. The molecule has 130 valence electrons. The van der Waals surface area contributed by atoms with E-state index in [4.69, 9.17) is 16.9 Å². The Morgan fingerprint density at radius 2 is 2.17 bits per heavy atom. The van der Waals surface area contributed by atoms with Gasteiger partial charge in [-0.2, -0.15) is 0 Å². The lowest BCUT2D eigenvalue weighted by molar-refractivity contribution is -0.137. The van der Waals surface area contributed by atoms with Gasteiger partial charge in [-0.3, -0.25) is 15.0 Å². The standard InChI is InChI=1S/C15H27N5O2S/c1-9-6-11(20(8-9)14(21)7-16)15(22)19-10(2)12(23-3)4-5-13(17)18/h4,9-11H,5-8,16H2,1-3H3,(H3,17,18)(H,19,22)/b12-4-/t9?,10-,11?/m1/s1. The van der Waals surface area contributed by atoms with Crippen LogP contribution in [-0.2, 0) is 9.59 Å². The molecule has 0 radical (unpaired) electrons. The fraction of sp³-hybridized carbons (Fsp3) is 0.667. The van der Waals surface area contributed by atoms with Crippen molar-refractivity contribution in [1.82, 2.24) is 10.2 Å². The molecule has 1 fully saturated rings. The first-order chi connectivity index (χ1) is 10.8. The molecule has 3 atom stereocenters. The molecule has 1 aliphatic heterocycles. The summed E-state index contributed by atoms with van der Waals surface area (Å²) in [4.78, 5) is 27.0. The van der Waals surface area contributed by atoms with E-state index in [-0.39, 0.29) is 36.2 Å². The number of rotatable bonds is 7. The Labute approximate surface area is 141 Å². The normalized spacial score (nSPS) is 22.8. The molecule has 2 unspecified atom stereocenters. The van der Waals surface area contributed by atoms with Crippen LogP contribution >= 0.6 is 11.8 Å². The van der Waals surface area contributed by atoms with E-state index in [1.165, 1.54) is 11.8 Å². The van der Waals surface area contributed by atoms with Gasteiger partial charge in [0.15, 0.2) is 0 Å². The van der Waals surface area contributed by atoms with Gasteiger partial charge in [0, 0.05) is 17.9 Å². The quantitative estimate of drug-likeness (QED) is 0.390. The van der Waals surface area contributed by atoms with Crippen LogP contribution in [0.2, 0.25) is 0 Å². The monoisotopic (exact) mass is 341 g/mol. The van der Waals surface area contributed by atoms with E-state index in [0.717, 1.165) is 4.91 Å². The van der Waals surface area contributed by atoms with Gasteiger partial charge in [0.25, 0.3) is 0 Å². The van der Waals surface area contributed by atoms with Gasteiger partial charge in [0.1, 0.15) is 6.04 Å². The summed E-state index contributed by atoms with van der Waals surface area (Å²) in [5.74, 6) is 0.00929. The Morgan fingerprint density at radius 3 is 2.70 bits per heavy atom. The first kappa shape index (κ1) is 19.5. The van der Waals surface area contributed by atoms with Crippen molar-refractivity contribution in [3.8, 4) is 0 Å². The van der Waals surface area contributed by atoms with Crippen LogP contribution in [0.3, 0.4) is 0 Å². The summed E-state index contributed by atoms with van der Waals surface area (Å²) in [5, 5.41) is 10.2. The molecule has 1 rings (SSSR count). The van der Waals surface area contributed by atoms with Gasteiger partial charge in [-0.15, -0.1) is 11.8 Å². The molecule has 1 aliphatic rings. The minimum absolute atomic E-state index is 0.0827. The lowest BCUT2D eigenvalue weighted by Gasteiger charge is -2.25. The fourth-order valence-electron chi connectivity index (χ4n) is 2.72. The Hall–Kier alpha value is -1.54. The highest BCUT2D eigenvalue weighted by Gasteiger charge is 2.37. The third-order valence-corrected chi connectivity index (χ3v) is 4.84. The number of carbonyl (C=O) groups is 2. The maximum atomic E-state index is 12.5.